The van der Waals surface area contributed by atoms with Crippen LogP contribution in [-0.4, -0.2) is 20.7 Å². The van der Waals surface area contributed by atoms with Crippen LogP contribution >= 0.6 is 0 Å². The van der Waals surface area contributed by atoms with Gasteiger partial charge in [-0.15, -0.1) is 0 Å². The van der Waals surface area contributed by atoms with E-state index in [1.165, 1.54) is 10.4 Å². The summed E-state index contributed by atoms with van der Waals surface area (Å²) in [5.41, 5.74) is 1.65. The molecular formula is C30H26O2Si. The van der Waals surface area contributed by atoms with E-state index in [1.807, 2.05) is 42.5 Å². The van der Waals surface area contributed by atoms with Crippen LogP contribution in [-0.2, 0) is 4.74 Å². The van der Waals surface area contributed by atoms with E-state index in [4.69, 9.17) is 4.74 Å². The first-order valence-corrected chi connectivity index (χ1v) is 13.8. The molecule has 5 rings (SSSR count). The number of benzene rings is 4. The Hall–Kier alpha value is -3.69. The number of carbonyl (C=O) groups is 1. The third-order valence-corrected chi connectivity index (χ3v) is 11.2. The van der Waals surface area contributed by atoms with Crippen LogP contribution in [0.5, 0.6) is 0 Å². The Balaban J connectivity index is 1.36. The number of carbonyl (C=O) groups excluding carboxylic acids is 1. The van der Waals surface area contributed by atoms with Crippen LogP contribution in [0.25, 0.3) is 10.8 Å². The smallest absolute Gasteiger partial charge is 0.338 e. The molecule has 0 N–H and O–H groups in total. The van der Waals surface area contributed by atoms with E-state index in [0.717, 1.165) is 28.4 Å². The van der Waals surface area contributed by atoms with E-state index in [9.17, 15) is 4.79 Å². The van der Waals surface area contributed by atoms with Crippen LogP contribution in [0.2, 0.25) is 12.1 Å². The molecule has 162 valence electrons. The summed E-state index contributed by atoms with van der Waals surface area (Å²) in [6.07, 6.45) is 6.69. The number of hydrogen-bond acceptors (Lipinski definition) is 2. The highest BCUT2D eigenvalue weighted by Gasteiger charge is 2.35. The molecule has 0 atom stereocenters. The van der Waals surface area contributed by atoms with Crippen LogP contribution < -0.4 is 10.4 Å². The largest absolute Gasteiger partial charge is 0.457 e. The fourth-order valence-corrected chi connectivity index (χ4v) is 8.91. The predicted octanol–water partition coefficient (Wildman–Crippen LogP) is 5.76. The number of fused-ring (bicyclic) bond motifs is 1. The van der Waals surface area contributed by atoms with Crippen LogP contribution in [0.15, 0.2) is 127 Å². The third kappa shape index (κ3) is 4.46. The summed E-state index contributed by atoms with van der Waals surface area (Å²) in [6.45, 7) is 0.288. The lowest BCUT2D eigenvalue weighted by atomic mass is 10.1. The van der Waals surface area contributed by atoms with E-state index < -0.39 is 8.07 Å². The lowest BCUT2D eigenvalue weighted by molar-refractivity contribution is 0.0543. The topological polar surface area (TPSA) is 26.3 Å². The molecule has 0 bridgehead atoms. The predicted molar refractivity (Wildman–Crippen MR) is 139 cm³/mol. The van der Waals surface area contributed by atoms with Crippen molar-refractivity contribution in [2.45, 2.75) is 12.1 Å². The summed E-state index contributed by atoms with van der Waals surface area (Å²) >= 11 is 0. The van der Waals surface area contributed by atoms with Gasteiger partial charge in [0.25, 0.3) is 0 Å². The molecule has 4 aromatic rings. The van der Waals surface area contributed by atoms with Crippen molar-refractivity contribution >= 4 is 35.2 Å². The second-order valence-electron chi connectivity index (χ2n) is 8.54. The number of esters is 1. The molecule has 33 heavy (non-hydrogen) atoms. The molecular weight excluding hydrogens is 420 g/mol. The highest BCUT2D eigenvalue weighted by molar-refractivity contribution is 7.02. The van der Waals surface area contributed by atoms with Gasteiger partial charge in [-0.25, -0.2) is 4.79 Å². The average molecular weight is 447 g/mol. The van der Waals surface area contributed by atoms with Gasteiger partial charge in [0, 0.05) is 0 Å². The molecule has 0 radical (unpaired) electrons. The molecule has 0 aliphatic carbocycles. The van der Waals surface area contributed by atoms with E-state index in [2.05, 4.69) is 78.9 Å². The summed E-state index contributed by atoms with van der Waals surface area (Å²) in [7, 11) is -1.98. The number of allylic oxidation sites excluding steroid dienone is 2. The van der Waals surface area contributed by atoms with Crippen LogP contribution in [0.4, 0.5) is 0 Å². The van der Waals surface area contributed by atoms with Gasteiger partial charge in [-0.05, 0) is 40.6 Å². The molecule has 0 spiro atoms. The Morgan fingerprint density at radius 3 is 2.06 bits per heavy atom. The summed E-state index contributed by atoms with van der Waals surface area (Å²) in [4.78, 5) is 12.7. The fourth-order valence-electron chi connectivity index (χ4n) is 4.68. The summed E-state index contributed by atoms with van der Waals surface area (Å²) in [5.74, 6) is -0.283. The van der Waals surface area contributed by atoms with Crippen LogP contribution in [0.3, 0.4) is 0 Å². The van der Waals surface area contributed by atoms with Gasteiger partial charge in [0.05, 0.1) is 5.56 Å². The van der Waals surface area contributed by atoms with E-state index in [-0.39, 0.29) is 12.6 Å². The standard InChI is InChI=1S/C30H26O2Si/c31-30(27-18-17-25-11-7-8-12-26(25)22-27)32-23-24-10-9-20-33(21-19-24,28-13-3-1-4-14-28)29-15-5-2-6-16-29/h1-19,22H,20-21,23H2. The van der Waals surface area contributed by atoms with Gasteiger partial charge in [0.2, 0.25) is 0 Å². The number of ether oxygens (including phenoxy) is 1. The second-order valence-corrected chi connectivity index (χ2v) is 12.7. The summed E-state index contributed by atoms with van der Waals surface area (Å²) < 4.78 is 5.71. The maximum absolute atomic E-state index is 12.7. The molecule has 3 heteroatoms. The van der Waals surface area contributed by atoms with Gasteiger partial charge in [-0.1, -0.05) is 120 Å². The highest BCUT2D eigenvalue weighted by atomic mass is 28.3. The van der Waals surface area contributed by atoms with Crippen LogP contribution in [0.1, 0.15) is 10.4 Å². The van der Waals surface area contributed by atoms with Crippen molar-refractivity contribution < 1.29 is 9.53 Å². The maximum atomic E-state index is 12.7. The molecule has 0 aromatic heterocycles. The quantitative estimate of drug-likeness (QED) is 0.288. The third-order valence-electron chi connectivity index (χ3n) is 6.52. The van der Waals surface area contributed by atoms with Crippen molar-refractivity contribution in [3.8, 4) is 0 Å². The molecule has 1 heterocycles. The molecule has 0 unspecified atom stereocenters. The maximum Gasteiger partial charge on any atom is 0.338 e. The Kier molecular flexibility index (Phi) is 6.05. The van der Waals surface area contributed by atoms with Crippen molar-refractivity contribution in [3.05, 3.63) is 132 Å². The van der Waals surface area contributed by atoms with Gasteiger partial charge in [-0.2, -0.15) is 0 Å². The lowest BCUT2D eigenvalue weighted by Gasteiger charge is -2.30. The Bertz CT molecular complexity index is 1280. The summed E-state index contributed by atoms with van der Waals surface area (Å²) in [6, 6.07) is 37.5. The fraction of sp³-hybridized carbons (Fsp3) is 0.100. The van der Waals surface area contributed by atoms with Crippen molar-refractivity contribution in [3.63, 3.8) is 0 Å². The lowest BCUT2D eigenvalue weighted by Crippen LogP contribution is -2.57. The number of rotatable bonds is 5. The van der Waals surface area contributed by atoms with Crippen molar-refractivity contribution in [2.75, 3.05) is 6.61 Å². The minimum atomic E-state index is -1.98. The zero-order valence-electron chi connectivity index (χ0n) is 18.5. The minimum absolute atomic E-state index is 0.283. The van der Waals surface area contributed by atoms with E-state index in [1.54, 1.807) is 0 Å². The molecule has 1 aliphatic heterocycles. The van der Waals surface area contributed by atoms with Crippen molar-refractivity contribution in [1.29, 1.82) is 0 Å². The first-order valence-electron chi connectivity index (χ1n) is 11.4. The van der Waals surface area contributed by atoms with E-state index >= 15 is 0 Å². The Labute approximate surface area is 195 Å². The monoisotopic (exact) mass is 446 g/mol. The SMILES string of the molecule is O=C(OCC1=CC[Si](c2ccccc2)(c2ccccc2)CC=C1)c1ccc2ccccc2c1. The molecule has 0 saturated heterocycles. The molecule has 1 aliphatic rings. The van der Waals surface area contributed by atoms with Gasteiger partial charge in [-0.3, -0.25) is 0 Å². The van der Waals surface area contributed by atoms with Crippen LogP contribution in [0, 0.1) is 0 Å². The minimum Gasteiger partial charge on any atom is -0.457 e. The highest BCUT2D eigenvalue weighted by Crippen LogP contribution is 2.24. The van der Waals surface area contributed by atoms with Gasteiger partial charge in [0.15, 0.2) is 0 Å². The normalized spacial score (nSPS) is 15.0. The van der Waals surface area contributed by atoms with E-state index in [0.29, 0.717) is 5.56 Å². The summed E-state index contributed by atoms with van der Waals surface area (Å²) in [5, 5.41) is 5.03. The van der Waals surface area contributed by atoms with Gasteiger partial charge in [0.1, 0.15) is 14.7 Å². The molecule has 0 amide bonds. The molecule has 2 nitrogen and oxygen atoms in total. The van der Waals surface area contributed by atoms with Gasteiger partial charge < -0.3 is 4.74 Å². The van der Waals surface area contributed by atoms with Crippen molar-refractivity contribution in [2.24, 2.45) is 0 Å². The Morgan fingerprint density at radius 2 is 1.36 bits per heavy atom. The second kappa shape index (κ2) is 9.43. The first kappa shape index (κ1) is 21.2. The zero-order chi connectivity index (χ0) is 22.5. The average Bonchev–Trinajstić information content (AvgIpc) is 3.11. The Morgan fingerprint density at radius 1 is 0.727 bits per heavy atom. The number of hydrogen-bond donors (Lipinski definition) is 0. The van der Waals surface area contributed by atoms with Gasteiger partial charge >= 0.3 is 5.97 Å². The first-order chi connectivity index (χ1) is 16.2. The molecule has 0 fully saturated rings. The molecule has 0 saturated carbocycles. The zero-order valence-corrected chi connectivity index (χ0v) is 19.5. The van der Waals surface area contributed by atoms with Crippen molar-refractivity contribution in [1.82, 2.24) is 0 Å². The molecule has 4 aromatic carbocycles.